The zero-order chi connectivity index (χ0) is 13.4. The Morgan fingerprint density at radius 2 is 2.16 bits per heavy atom. The van der Waals surface area contributed by atoms with Crippen LogP contribution in [0.15, 0.2) is 41.0 Å². The number of halogens is 1. The van der Waals surface area contributed by atoms with Crippen LogP contribution < -0.4 is 10.5 Å². The topological polar surface area (TPSA) is 48.1 Å². The molecule has 1 aliphatic rings. The average Bonchev–Trinajstić information content (AvgIpc) is 2.38. The number of aromatic nitrogens is 1. The molecule has 19 heavy (non-hydrogen) atoms. The zero-order valence-corrected chi connectivity index (χ0v) is 12.2. The summed E-state index contributed by atoms with van der Waals surface area (Å²) in [6.07, 6.45) is 2.62. The van der Waals surface area contributed by atoms with Gasteiger partial charge in [-0.25, -0.2) is 0 Å². The van der Waals surface area contributed by atoms with Crippen molar-refractivity contribution in [3.8, 4) is 5.75 Å². The smallest absolute Gasteiger partial charge is 0.127 e. The molecule has 3 nitrogen and oxygen atoms in total. The largest absolute Gasteiger partial charge is 0.485 e. The van der Waals surface area contributed by atoms with Gasteiger partial charge in [0.1, 0.15) is 11.9 Å². The first-order valence-corrected chi connectivity index (χ1v) is 7.07. The van der Waals surface area contributed by atoms with Crippen molar-refractivity contribution in [2.75, 3.05) is 0 Å². The van der Waals surface area contributed by atoms with Crippen LogP contribution in [0.3, 0.4) is 0 Å². The van der Waals surface area contributed by atoms with Gasteiger partial charge in [0, 0.05) is 40.0 Å². The Balaban J connectivity index is 1.93. The molecule has 0 saturated heterocycles. The minimum absolute atomic E-state index is 0.00292. The second kappa shape index (κ2) is 4.94. The van der Waals surface area contributed by atoms with E-state index in [9.17, 15) is 0 Å². The molecule has 0 radical (unpaired) electrons. The molecule has 2 unspecified atom stereocenters. The summed E-state index contributed by atoms with van der Waals surface area (Å²) in [6.45, 7) is 1.98. The maximum absolute atomic E-state index is 6.24. The molecule has 0 spiro atoms. The molecule has 0 aliphatic carbocycles. The Morgan fingerprint density at radius 3 is 2.89 bits per heavy atom. The third kappa shape index (κ3) is 2.51. The molecule has 98 valence electrons. The van der Waals surface area contributed by atoms with Crippen LogP contribution in [0.5, 0.6) is 5.75 Å². The summed E-state index contributed by atoms with van der Waals surface area (Å²) < 4.78 is 7.06. The van der Waals surface area contributed by atoms with E-state index in [-0.39, 0.29) is 12.1 Å². The number of nitrogens with zero attached hydrogens (tertiary/aromatic N) is 1. The molecule has 3 rings (SSSR count). The third-order valence-corrected chi connectivity index (χ3v) is 3.91. The molecule has 1 aliphatic heterocycles. The molecule has 1 aromatic carbocycles. The van der Waals surface area contributed by atoms with Crippen molar-refractivity contribution in [3.05, 3.63) is 57.8 Å². The van der Waals surface area contributed by atoms with Gasteiger partial charge in [0.15, 0.2) is 0 Å². The first-order valence-electron chi connectivity index (χ1n) is 6.28. The van der Waals surface area contributed by atoms with Crippen LogP contribution in [0, 0.1) is 6.92 Å². The molecule has 2 N–H and O–H groups in total. The Labute approximate surface area is 120 Å². The highest BCUT2D eigenvalue weighted by molar-refractivity contribution is 9.10. The van der Waals surface area contributed by atoms with Crippen LogP contribution in [0.25, 0.3) is 0 Å². The number of nitrogens with two attached hydrogens (primary N) is 1. The van der Waals surface area contributed by atoms with Gasteiger partial charge in [-0.15, -0.1) is 0 Å². The molecule has 1 aromatic heterocycles. The first kappa shape index (κ1) is 12.6. The van der Waals surface area contributed by atoms with Gasteiger partial charge >= 0.3 is 0 Å². The SMILES string of the molecule is Cc1ccc(C2CC(N)c3ccc(Br)cc3O2)cn1. The van der Waals surface area contributed by atoms with Gasteiger partial charge in [-0.2, -0.15) is 0 Å². The maximum atomic E-state index is 6.24. The number of benzene rings is 1. The van der Waals surface area contributed by atoms with Crippen LogP contribution in [0.1, 0.15) is 35.4 Å². The average molecular weight is 319 g/mol. The van der Waals surface area contributed by atoms with Crippen LogP contribution in [0.2, 0.25) is 0 Å². The van der Waals surface area contributed by atoms with Crippen molar-refractivity contribution < 1.29 is 4.74 Å². The Morgan fingerprint density at radius 1 is 1.32 bits per heavy atom. The monoisotopic (exact) mass is 318 g/mol. The summed E-state index contributed by atoms with van der Waals surface area (Å²) in [5.74, 6) is 0.860. The van der Waals surface area contributed by atoms with E-state index in [1.54, 1.807) is 0 Å². The fourth-order valence-corrected chi connectivity index (χ4v) is 2.69. The summed E-state index contributed by atoms with van der Waals surface area (Å²) in [5.41, 5.74) is 9.39. The third-order valence-electron chi connectivity index (χ3n) is 3.42. The Kier molecular flexibility index (Phi) is 3.29. The fourth-order valence-electron chi connectivity index (χ4n) is 2.35. The van der Waals surface area contributed by atoms with E-state index < -0.39 is 0 Å². The minimum atomic E-state index is -0.0232. The van der Waals surface area contributed by atoms with Crippen LogP contribution in [-0.4, -0.2) is 4.98 Å². The molecule has 0 amide bonds. The second-order valence-corrected chi connectivity index (χ2v) is 5.78. The number of ether oxygens (including phenoxy) is 1. The predicted molar refractivity (Wildman–Crippen MR) is 78.0 cm³/mol. The summed E-state index contributed by atoms with van der Waals surface area (Å²) in [5, 5.41) is 0. The van der Waals surface area contributed by atoms with Crippen molar-refractivity contribution in [1.82, 2.24) is 4.98 Å². The molecular weight excluding hydrogens is 304 g/mol. The first-order chi connectivity index (χ1) is 9.13. The summed E-state index contributed by atoms with van der Waals surface area (Å²) in [4.78, 5) is 4.32. The molecule has 0 fully saturated rings. The lowest BCUT2D eigenvalue weighted by molar-refractivity contribution is 0.161. The van der Waals surface area contributed by atoms with E-state index in [0.717, 1.165) is 33.5 Å². The lowest BCUT2D eigenvalue weighted by Gasteiger charge is -2.30. The van der Waals surface area contributed by atoms with Crippen LogP contribution in [0.4, 0.5) is 0 Å². The van der Waals surface area contributed by atoms with Crippen LogP contribution >= 0.6 is 15.9 Å². The van der Waals surface area contributed by atoms with Gasteiger partial charge in [0.2, 0.25) is 0 Å². The van der Waals surface area contributed by atoms with Gasteiger partial charge in [-0.1, -0.05) is 28.1 Å². The van der Waals surface area contributed by atoms with E-state index in [2.05, 4.69) is 27.0 Å². The van der Waals surface area contributed by atoms with Crippen molar-refractivity contribution in [2.24, 2.45) is 5.73 Å². The molecule has 2 heterocycles. The molecule has 2 aromatic rings. The molecule has 0 bridgehead atoms. The lowest BCUT2D eigenvalue weighted by atomic mass is 9.94. The Bertz CT molecular complexity index is 598. The minimum Gasteiger partial charge on any atom is -0.485 e. The van der Waals surface area contributed by atoms with E-state index in [0.29, 0.717) is 0 Å². The van der Waals surface area contributed by atoms with Gasteiger partial charge in [0.05, 0.1) is 0 Å². The normalized spacial score (nSPS) is 21.6. The zero-order valence-electron chi connectivity index (χ0n) is 10.6. The number of hydrogen-bond donors (Lipinski definition) is 1. The van der Waals surface area contributed by atoms with Gasteiger partial charge in [-0.05, 0) is 25.1 Å². The van der Waals surface area contributed by atoms with E-state index >= 15 is 0 Å². The van der Waals surface area contributed by atoms with Gasteiger partial charge in [-0.3, -0.25) is 4.98 Å². The Hall–Kier alpha value is -1.39. The number of pyridine rings is 1. The lowest BCUT2D eigenvalue weighted by Crippen LogP contribution is -2.24. The summed E-state index contributed by atoms with van der Waals surface area (Å²) in [7, 11) is 0. The van der Waals surface area contributed by atoms with Crippen molar-refractivity contribution in [1.29, 1.82) is 0 Å². The van der Waals surface area contributed by atoms with E-state index in [1.165, 1.54) is 0 Å². The van der Waals surface area contributed by atoms with E-state index in [4.69, 9.17) is 10.5 Å². The predicted octanol–water partition coefficient (Wildman–Crippen LogP) is 3.68. The molecular formula is C15H15BrN2O. The summed E-state index contributed by atoms with van der Waals surface area (Å²) >= 11 is 3.46. The quantitative estimate of drug-likeness (QED) is 0.872. The van der Waals surface area contributed by atoms with Crippen LogP contribution in [-0.2, 0) is 0 Å². The van der Waals surface area contributed by atoms with Gasteiger partial charge in [0.25, 0.3) is 0 Å². The number of rotatable bonds is 1. The maximum Gasteiger partial charge on any atom is 0.127 e. The second-order valence-electron chi connectivity index (χ2n) is 4.86. The highest BCUT2D eigenvalue weighted by atomic mass is 79.9. The van der Waals surface area contributed by atoms with Crippen molar-refractivity contribution >= 4 is 15.9 Å². The van der Waals surface area contributed by atoms with Crippen molar-refractivity contribution in [2.45, 2.75) is 25.5 Å². The van der Waals surface area contributed by atoms with Crippen molar-refractivity contribution in [3.63, 3.8) is 0 Å². The fraction of sp³-hybridized carbons (Fsp3) is 0.267. The van der Waals surface area contributed by atoms with E-state index in [1.807, 2.05) is 37.4 Å². The molecule has 4 heteroatoms. The number of fused-ring (bicyclic) bond motifs is 1. The standard InChI is InChI=1S/C15H15BrN2O/c1-9-2-3-10(8-18-9)14-7-13(17)12-5-4-11(16)6-15(12)19-14/h2-6,8,13-14H,7,17H2,1H3. The molecule has 2 atom stereocenters. The number of hydrogen-bond acceptors (Lipinski definition) is 3. The summed E-state index contributed by atoms with van der Waals surface area (Å²) in [6, 6.07) is 10.1. The highest BCUT2D eigenvalue weighted by Crippen LogP contribution is 2.40. The molecule has 0 saturated carbocycles. The highest BCUT2D eigenvalue weighted by Gasteiger charge is 2.27. The van der Waals surface area contributed by atoms with Gasteiger partial charge < -0.3 is 10.5 Å². The number of aryl methyl sites for hydroxylation is 1.